The predicted octanol–water partition coefficient (Wildman–Crippen LogP) is 1.47. The minimum absolute atomic E-state index is 0.0274. The lowest BCUT2D eigenvalue weighted by molar-refractivity contribution is -0.127. The Morgan fingerprint density at radius 2 is 2.00 bits per heavy atom. The van der Waals surface area contributed by atoms with Gasteiger partial charge in [0.25, 0.3) is 0 Å². The molecule has 17 heavy (non-hydrogen) atoms. The average molecular weight is 231 g/mol. The Morgan fingerprint density at radius 1 is 1.35 bits per heavy atom. The molecule has 90 valence electrons. The number of amides is 1. The van der Waals surface area contributed by atoms with Crippen molar-refractivity contribution in [3.63, 3.8) is 0 Å². The standard InChI is InChI=1S/C13H17N3O/c1-4-16(10-13(17)15(2)3)12-8-6-5-7-11(12)9-14/h5-8H,4,10H2,1-3H3. The molecule has 0 spiro atoms. The van der Waals surface area contributed by atoms with E-state index in [9.17, 15) is 4.79 Å². The van der Waals surface area contributed by atoms with E-state index in [4.69, 9.17) is 5.26 Å². The number of nitriles is 1. The second-order valence-electron chi connectivity index (χ2n) is 3.93. The minimum Gasteiger partial charge on any atom is -0.361 e. The monoisotopic (exact) mass is 231 g/mol. The number of hydrogen-bond donors (Lipinski definition) is 0. The molecule has 4 heteroatoms. The van der Waals surface area contributed by atoms with Crippen LogP contribution in [0, 0.1) is 11.3 Å². The number of rotatable bonds is 4. The fourth-order valence-electron chi connectivity index (χ4n) is 1.52. The van der Waals surface area contributed by atoms with E-state index in [1.165, 1.54) is 0 Å². The molecule has 1 rings (SSSR count). The molecule has 0 aliphatic carbocycles. The van der Waals surface area contributed by atoms with Gasteiger partial charge in [0.05, 0.1) is 17.8 Å². The van der Waals surface area contributed by atoms with Gasteiger partial charge in [0.2, 0.25) is 5.91 Å². The SMILES string of the molecule is CCN(CC(=O)N(C)C)c1ccccc1C#N. The summed E-state index contributed by atoms with van der Waals surface area (Å²) in [4.78, 5) is 15.1. The van der Waals surface area contributed by atoms with Crippen molar-refractivity contribution in [1.82, 2.24) is 4.90 Å². The van der Waals surface area contributed by atoms with E-state index in [2.05, 4.69) is 6.07 Å². The summed E-state index contributed by atoms with van der Waals surface area (Å²) in [6, 6.07) is 9.47. The lowest BCUT2D eigenvalue weighted by atomic mass is 10.1. The summed E-state index contributed by atoms with van der Waals surface area (Å²) in [7, 11) is 3.46. The molecule has 0 radical (unpaired) electrons. The normalized spacial score (nSPS) is 9.53. The van der Waals surface area contributed by atoms with Crippen molar-refractivity contribution in [2.45, 2.75) is 6.92 Å². The number of carbonyl (C=O) groups excluding carboxylic acids is 1. The summed E-state index contributed by atoms with van der Waals surface area (Å²) in [5, 5.41) is 9.03. The quantitative estimate of drug-likeness (QED) is 0.788. The molecule has 0 atom stereocenters. The van der Waals surface area contributed by atoms with E-state index in [-0.39, 0.29) is 5.91 Å². The first kappa shape index (κ1) is 13.0. The largest absolute Gasteiger partial charge is 0.361 e. The summed E-state index contributed by atoms with van der Waals surface area (Å²) in [5.41, 5.74) is 1.41. The van der Waals surface area contributed by atoms with E-state index < -0.39 is 0 Å². The second-order valence-corrected chi connectivity index (χ2v) is 3.93. The van der Waals surface area contributed by atoms with E-state index in [0.29, 0.717) is 18.7 Å². The van der Waals surface area contributed by atoms with Crippen molar-refractivity contribution in [3.8, 4) is 6.07 Å². The van der Waals surface area contributed by atoms with Crippen LogP contribution in [0.15, 0.2) is 24.3 Å². The minimum atomic E-state index is 0.0274. The van der Waals surface area contributed by atoms with Gasteiger partial charge in [-0.1, -0.05) is 12.1 Å². The van der Waals surface area contributed by atoms with Gasteiger partial charge in [-0.15, -0.1) is 0 Å². The highest BCUT2D eigenvalue weighted by atomic mass is 16.2. The maximum atomic E-state index is 11.7. The first-order valence-electron chi connectivity index (χ1n) is 5.54. The molecule has 4 nitrogen and oxygen atoms in total. The van der Waals surface area contributed by atoms with Crippen molar-refractivity contribution in [2.24, 2.45) is 0 Å². The Labute approximate surface area is 102 Å². The molecule has 0 saturated heterocycles. The van der Waals surface area contributed by atoms with E-state index in [1.807, 2.05) is 30.0 Å². The van der Waals surface area contributed by atoms with Gasteiger partial charge in [0, 0.05) is 20.6 Å². The zero-order valence-corrected chi connectivity index (χ0v) is 10.5. The molecule has 0 N–H and O–H groups in total. The van der Waals surface area contributed by atoms with Crippen LogP contribution >= 0.6 is 0 Å². The molecule has 0 aliphatic heterocycles. The van der Waals surface area contributed by atoms with Crippen LogP contribution in [0.5, 0.6) is 0 Å². The number of benzene rings is 1. The summed E-state index contributed by atoms with van der Waals surface area (Å²) in [6.07, 6.45) is 0. The summed E-state index contributed by atoms with van der Waals surface area (Å²) < 4.78 is 0. The molecular formula is C13H17N3O. The number of likely N-dealkylation sites (N-methyl/N-ethyl adjacent to an activating group) is 2. The summed E-state index contributed by atoms with van der Waals surface area (Å²) in [6.45, 7) is 2.96. The highest BCUT2D eigenvalue weighted by Crippen LogP contribution is 2.19. The molecule has 0 fully saturated rings. The van der Waals surface area contributed by atoms with Gasteiger partial charge >= 0.3 is 0 Å². The first-order chi connectivity index (χ1) is 8.10. The molecule has 0 bridgehead atoms. The van der Waals surface area contributed by atoms with Gasteiger partial charge in [0.15, 0.2) is 0 Å². The summed E-state index contributed by atoms with van der Waals surface area (Å²) >= 11 is 0. The third-order valence-corrected chi connectivity index (χ3v) is 2.57. The van der Waals surface area contributed by atoms with E-state index in [0.717, 1.165) is 5.69 Å². The van der Waals surface area contributed by atoms with Crippen molar-refractivity contribution < 1.29 is 4.79 Å². The third-order valence-electron chi connectivity index (χ3n) is 2.57. The van der Waals surface area contributed by atoms with Gasteiger partial charge in [-0.05, 0) is 19.1 Å². The van der Waals surface area contributed by atoms with Crippen LogP contribution < -0.4 is 4.90 Å². The van der Waals surface area contributed by atoms with Crippen LogP contribution in [0.3, 0.4) is 0 Å². The van der Waals surface area contributed by atoms with Gasteiger partial charge in [-0.2, -0.15) is 5.26 Å². The predicted molar refractivity (Wildman–Crippen MR) is 67.7 cm³/mol. The van der Waals surface area contributed by atoms with E-state index in [1.54, 1.807) is 25.1 Å². The number of para-hydroxylation sites is 1. The zero-order valence-electron chi connectivity index (χ0n) is 10.5. The van der Waals surface area contributed by atoms with Crippen LogP contribution in [0.4, 0.5) is 5.69 Å². The fourth-order valence-corrected chi connectivity index (χ4v) is 1.52. The van der Waals surface area contributed by atoms with E-state index >= 15 is 0 Å². The molecule has 0 aromatic heterocycles. The molecule has 0 aliphatic rings. The second kappa shape index (κ2) is 5.90. The maximum Gasteiger partial charge on any atom is 0.241 e. The van der Waals surface area contributed by atoms with Gasteiger partial charge < -0.3 is 9.80 Å². The fraction of sp³-hybridized carbons (Fsp3) is 0.385. The van der Waals surface area contributed by atoms with Crippen LogP contribution in [-0.2, 0) is 4.79 Å². The highest BCUT2D eigenvalue weighted by Gasteiger charge is 2.13. The molecule has 1 aromatic rings. The van der Waals surface area contributed by atoms with Crippen molar-refractivity contribution in [3.05, 3.63) is 29.8 Å². The number of carbonyl (C=O) groups is 1. The molecule has 0 saturated carbocycles. The van der Waals surface area contributed by atoms with Crippen LogP contribution in [-0.4, -0.2) is 38.0 Å². The number of anilines is 1. The number of nitrogens with zero attached hydrogens (tertiary/aromatic N) is 3. The van der Waals surface area contributed by atoms with Gasteiger partial charge in [-0.3, -0.25) is 4.79 Å². The van der Waals surface area contributed by atoms with Crippen LogP contribution in [0.25, 0.3) is 0 Å². The molecule has 1 amide bonds. The highest BCUT2D eigenvalue weighted by molar-refractivity contribution is 5.81. The lowest BCUT2D eigenvalue weighted by Crippen LogP contribution is -2.36. The van der Waals surface area contributed by atoms with Gasteiger partial charge in [-0.25, -0.2) is 0 Å². The Balaban J connectivity index is 2.95. The zero-order chi connectivity index (χ0) is 12.8. The Hall–Kier alpha value is -2.02. The summed E-state index contributed by atoms with van der Waals surface area (Å²) in [5.74, 6) is 0.0274. The van der Waals surface area contributed by atoms with Crippen LogP contribution in [0.1, 0.15) is 12.5 Å². The molecule has 1 aromatic carbocycles. The first-order valence-corrected chi connectivity index (χ1v) is 5.54. The Bertz CT molecular complexity index is 435. The van der Waals surface area contributed by atoms with Crippen molar-refractivity contribution >= 4 is 11.6 Å². The molecule has 0 heterocycles. The smallest absolute Gasteiger partial charge is 0.241 e. The van der Waals surface area contributed by atoms with Gasteiger partial charge in [0.1, 0.15) is 6.07 Å². The molecular weight excluding hydrogens is 214 g/mol. The topological polar surface area (TPSA) is 47.3 Å². The van der Waals surface area contributed by atoms with Crippen molar-refractivity contribution in [1.29, 1.82) is 5.26 Å². The Kier molecular flexibility index (Phi) is 4.53. The Morgan fingerprint density at radius 3 is 2.53 bits per heavy atom. The number of hydrogen-bond acceptors (Lipinski definition) is 3. The van der Waals surface area contributed by atoms with Crippen molar-refractivity contribution in [2.75, 3.05) is 32.1 Å². The van der Waals surface area contributed by atoms with Crippen LogP contribution in [0.2, 0.25) is 0 Å². The third kappa shape index (κ3) is 3.22. The molecule has 0 unspecified atom stereocenters. The average Bonchev–Trinajstić information content (AvgIpc) is 2.35. The lowest BCUT2D eigenvalue weighted by Gasteiger charge is -2.24. The maximum absolute atomic E-state index is 11.7.